The van der Waals surface area contributed by atoms with Crippen molar-refractivity contribution in [3.8, 4) is 0 Å². The van der Waals surface area contributed by atoms with Crippen LogP contribution in [-0.4, -0.2) is 17.6 Å². The Kier molecular flexibility index (Phi) is 12.5. The van der Waals surface area contributed by atoms with Gasteiger partial charge in [0.15, 0.2) is 0 Å². The van der Waals surface area contributed by atoms with Crippen LogP contribution in [0.5, 0.6) is 0 Å². The van der Waals surface area contributed by atoms with Crippen LogP contribution in [0.2, 0.25) is 0 Å². The third-order valence-corrected chi connectivity index (χ3v) is 3.56. The molecule has 0 heterocycles. The first-order valence-corrected chi connectivity index (χ1v) is 7.62. The van der Waals surface area contributed by atoms with Crippen LogP contribution in [0.15, 0.2) is 0 Å². The molecule has 0 spiro atoms. The van der Waals surface area contributed by atoms with Crippen molar-refractivity contribution < 1.29 is 9.90 Å². The molecule has 0 saturated heterocycles. The summed E-state index contributed by atoms with van der Waals surface area (Å²) < 4.78 is 0. The molecule has 108 valence electrons. The molecule has 3 N–H and O–H groups in total. The molecule has 0 aromatic rings. The minimum Gasteiger partial charge on any atom is -0.481 e. The van der Waals surface area contributed by atoms with Crippen molar-refractivity contribution in [2.75, 3.05) is 6.54 Å². The maximum absolute atomic E-state index is 10.6. The fourth-order valence-electron chi connectivity index (χ4n) is 2.39. The van der Waals surface area contributed by atoms with Gasteiger partial charge in [-0.15, -0.1) is 0 Å². The van der Waals surface area contributed by atoms with Gasteiger partial charge in [0.1, 0.15) is 0 Å². The number of nitrogens with two attached hydrogens (primary N) is 1. The van der Waals surface area contributed by atoms with Gasteiger partial charge >= 0.3 is 5.97 Å². The van der Waals surface area contributed by atoms with Crippen LogP contribution in [0, 0.1) is 5.92 Å². The molecule has 0 amide bonds. The molecule has 0 aromatic carbocycles. The number of carboxylic acid groups (broad SMARTS) is 1. The van der Waals surface area contributed by atoms with Gasteiger partial charge < -0.3 is 10.8 Å². The van der Waals surface area contributed by atoms with Gasteiger partial charge in [-0.25, -0.2) is 0 Å². The molecular formula is C15H31NO2. The molecule has 1 unspecified atom stereocenters. The minimum absolute atomic E-state index is 0.293. The quantitative estimate of drug-likeness (QED) is 0.491. The average Bonchev–Trinajstić information content (AvgIpc) is 2.34. The van der Waals surface area contributed by atoms with E-state index in [1.54, 1.807) is 0 Å². The number of aliphatic carboxylic acids is 1. The van der Waals surface area contributed by atoms with Crippen LogP contribution in [0.4, 0.5) is 0 Å². The van der Waals surface area contributed by atoms with Crippen molar-refractivity contribution in [2.45, 2.75) is 77.6 Å². The second kappa shape index (κ2) is 12.9. The van der Waals surface area contributed by atoms with E-state index in [4.69, 9.17) is 10.8 Å². The fourth-order valence-corrected chi connectivity index (χ4v) is 2.39. The molecule has 0 fully saturated rings. The standard InChI is InChI=1S/C15H31NO2/c1-2-3-4-5-6-7-8-9-14(12-13-16)10-11-15(17)18/h14H,2-13,16H2,1H3,(H,17,18). The van der Waals surface area contributed by atoms with Crippen molar-refractivity contribution in [2.24, 2.45) is 11.7 Å². The highest BCUT2D eigenvalue weighted by Gasteiger charge is 2.09. The number of carboxylic acids is 1. The molecule has 0 aliphatic rings. The van der Waals surface area contributed by atoms with Crippen molar-refractivity contribution in [3.63, 3.8) is 0 Å². The normalized spacial score (nSPS) is 12.6. The van der Waals surface area contributed by atoms with E-state index < -0.39 is 5.97 Å². The zero-order valence-electron chi connectivity index (χ0n) is 12.0. The smallest absolute Gasteiger partial charge is 0.303 e. The summed E-state index contributed by atoms with van der Waals surface area (Å²) in [6.45, 7) is 2.92. The van der Waals surface area contributed by atoms with Crippen molar-refractivity contribution in [1.29, 1.82) is 0 Å². The summed E-state index contributed by atoms with van der Waals surface area (Å²) in [7, 11) is 0. The van der Waals surface area contributed by atoms with E-state index >= 15 is 0 Å². The van der Waals surface area contributed by atoms with Gasteiger partial charge in [0, 0.05) is 6.42 Å². The Balaban J connectivity index is 3.48. The third kappa shape index (κ3) is 11.9. The van der Waals surface area contributed by atoms with Gasteiger partial charge in [-0.1, -0.05) is 58.3 Å². The summed E-state index contributed by atoms with van der Waals surface area (Å²) in [5.74, 6) is -0.168. The Hall–Kier alpha value is -0.570. The molecule has 3 nitrogen and oxygen atoms in total. The lowest BCUT2D eigenvalue weighted by molar-refractivity contribution is -0.137. The van der Waals surface area contributed by atoms with Gasteiger partial charge in [-0.3, -0.25) is 4.79 Å². The second-order valence-electron chi connectivity index (χ2n) is 5.29. The van der Waals surface area contributed by atoms with E-state index in [0.717, 1.165) is 19.3 Å². The monoisotopic (exact) mass is 257 g/mol. The molecule has 0 bridgehead atoms. The van der Waals surface area contributed by atoms with E-state index in [0.29, 0.717) is 18.9 Å². The highest BCUT2D eigenvalue weighted by Crippen LogP contribution is 2.19. The molecule has 3 heteroatoms. The zero-order chi connectivity index (χ0) is 13.6. The topological polar surface area (TPSA) is 63.3 Å². The zero-order valence-corrected chi connectivity index (χ0v) is 12.0. The van der Waals surface area contributed by atoms with E-state index in [-0.39, 0.29) is 0 Å². The highest BCUT2D eigenvalue weighted by atomic mass is 16.4. The number of hydrogen-bond donors (Lipinski definition) is 2. The molecule has 18 heavy (non-hydrogen) atoms. The van der Waals surface area contributed by atoms with Crippen LogP contribution in [0.25, 0.3) is 0 Å². The first-order valence-electron chi connectivity index (χ1n) is 7.62. The van der Waals surface area contributed by atoms with Gasteiger partial charge in [-0.05, 0) is 25.3 Å². The van der Waals surface area contributed by atoms with Crippen LogP contribution in [0.1, 0.15) is 77.6 Å². The van der Waals surface area contributed by atoms with Gasteiger partial charge in [0.2, 0.25) is 0 Å². The Labute approximate surface area is 112 Å². The SMILES string of the molecule is CCCCCCCCCC(CCN)CCC(=O)O. The number of hydrogen-bond acceptors (Lipinski definition) is 2. The first-order chi connectivity index (χ1) is 8.70. The lowest BCUT2D eigenvalue weighted by Gasteiger charge is -2.14. The van der Waals surface area contributed by atoms with Crippen LogP contribution < -0.4 is 5.73 Å². The average molecular weight is 257 g/mol. The summed E-state index contributed by atoms with van der Waals surface area (Å²) in [6.07, 6.45) is 12.4. The summed E-state index contributed by atoms with van der Waals surface area (Å²) in [4.78, 5) is 10.6. The first kappa shape index (κ1) is 17.4. The van der Waals surface area contributed by atoms with Gasteiger partial charge in [0.05, 0.1) is 0 Å². The lowest BCUT2D eigenvalue weighted by Crippen LogP contribution is -2.10. The second-order valence-corrected chi connectivity index (χ2v) is 5.29. The summed E-state index contributed by atoms with van der Waals surface area (Å²) in [5, 5.41) is 8.69. The largest absolute Gasteiger partial charge is 0.481 e. The van der Waals surface area contributed by atoms with Crippen LogP contribution >= 0.6 is 0 Å². The van der Waals surface area contributed by atoms with Crippen LogP contribution in [0.3, 0.4) is 0 Å². The molecule has 0 aliphatic carbocycles. The summed E-state index contributed by atoms with van der Waals surface area (Å²) in [5.41, 5.74) is 5.57. The van der Waals surface area contributed by atoms with Gasteiger partial charge in [-0.2, -0.15) is 0 Å². The predicted octanol–water partition coefficient (Wildman–Crippen LogP) is 3.96. The Morgan fingerprint density at radius 1 is 1.00 bits per heavy atom. The van der Waals surface area contributed by atoms with E-state index in [2.05, 4.69) is 6.92 Å². The number of unbranched alkanes of at least 4 members (excludes halogenated alkanes) is 6. The summed E-state index contributed by atoms with van der Waals surface area (Å²) in [6, 6.07) is 0. The minimum atomic E-state index is -0.684. The van der Waals surface area contributed by atoms with Crippen molar-refractivity contribution >= 4 is 5.97 Å². The Morgan fingerprint density at radius 2 is 1.61 bits per heavy atom. The van der Waals surface area contributed by atoms with Crippen LogP contribution in [-0.2, 0) is 4.79 Å². The Morgan fingerprint density at radius 3 is 2.17 bits per heavy atom. The molecular weight excluding hydrogens is 226 g/mol. The lowest BCUT2D eigenvalue weighted by atomic mass is 9.93. The maximum Gasteiger partial charge on any atom is 0.303 e. The van der Waals surface area contributed by atoms with Gasteiger partial charge in [0.25, 0.3) is 0 Å². The molecule has 0 saturated carbocycles. The maximum atomic E-state index is 10.6. The van der Waals surface area contributed by atoms with E-state index in [1.807, 2.05) is 0 Å². The van der Waals surface area contributed by atoms with Crippen molar-refractivity contribution in [1.82, 2.24) is 0 Å². The number of rotatable bonds is 13. The van der Waals surface area contributed by atoms with E-state index in [1.165, 1.54) is 44.9 Å². The van der Waals surface area contributed by atoms with E-state index in [9.17, 15) is 4.79 Å². The predicted molar refractivity (Wildman–Crippen MR) is 76.6 cm³/mol. The molecule has 1 atom stereocenters. The Bertz CT molecular complexity index is 195. The summed E-state index contributed by atoms with van der Waals surface area (Å²) >= 11 is 0. The molecule has 0 aliphatic heterocycles. The fraction of sp³-hybridized carbons (Fsp3) is 0.933. The highest BCUT2D eigenvalue weighted by molar-refractivity contribution is 5.66. The molecule has 0 rings (SSSR count). The molecule has 0 radical (unpaired) electrons. The third-order valence-electron chi connectivity index (χ3n) is 3.56. The van der Waals surface area contributed by atoms with Crippen molar-refractivity contribution in [3.05, 3.63) is 0 Å². The molecule has 0 aromatic heterocycles. The number of carbonyl (C=O) groups is 1.